The molecule has 0 aromatic heterocycles. The molecule has 0 bridgehead atoms. The van der Waals surface area contributed by atoms with Crippen molar-refractivity contribution in [1.29, 1.82) is 0 Å². The van der Waals surface area contributed by atoms with Crippen molar-refractivity contribution in [2.75, 3.05) is 7.05 Å². The van der Waals surface area contributed by atoms with Crippen LogP contribution in [0, 0.1) is 0 Å². The summed E-state index contributed by atoms with van der Waals surface area (Å²) in [4.78, 5) is 22.0. The average molecular weight is 233 g/mol. The number of hydrogen-bond donors (Lipinski definition) is 2. The van der Waals surface area contributed by atoms with Gasteiger partial charge in [-0.25, -0.2) is 0 Å². The highest BCUT2D eigenvalue weighted by Gasteiger charge is 2.31. The van der Waals surface area contributed by atoms with E-state index in [0.29, 0.717) is 5.25 Å². The van der Waals surface area contributed by atoms with E-state index in [9.17, 15) is 9.59 Å². The minimum Gasteiger partial charge on any atom is -0.481 e. The van der Waals surface area contributed by atoms with Gasteiger partial charge in [-0.05, 0) is 12.2 Å². The predicted molar refractivity (Wildman–Crippen MR) is 62.1 cm³/mol. The van der Waals surface area contributed by atoms with Crippen LogP contribution in [0.3, 0.4) is 0 Å². The van der Waals surface area contributed by atoms with Crippen LogP contribution in [-0.4, -0.2) is 34.0 Å². The van der Waals surface area contributed by atoms with Crippen molar-refractivity contribution in [3.8, 4) is 0 Å². The molecule has 0 radical (unpaired) electrons. The zero-order chi connectivity index (χ0) is 12.1. The first kappa shape index (κ1) is 14.3. The van der Waals surface area contributed by atoms with E-state index in [1.807, 2.05) is 20.8 Å². The number of thioether (sulfide) groups is 1. The lowest BCUT2D eigenvalue weighted by molar-refractivity contribution is -0.137. The third-order valence-electron chi connectivity index (χ3n) is 1.86. The molecule has 1 atom stereocenters. The average Bonchev–Trinajstić information content (AvgIpc) is 1.99. The molecule has 0 saturated heterocycles. The van der Waals surface area contributed by atoms with Crippen LogP contribution in [0.25, 0.3) is 0 Å². The van der Waals surface area contributed by atoms with E-state index in [-0.39, 0.29) is 18.7 Å². The zero-order valence-electron chi connectivity index (χ0n) is 9.66. The third kappa shape index (κ3) is 6.38. The summed E-state index contributed by atoms with van der Waals surface area (Å²) in [5.74, 6) is -0.985. The molecule has 0 aliphatic rings. The van der Waals surface area contributed by atoms with Crippen molar-refractivity contribution < 1.29 is 14.7 Å². The molecule has 15 heavy (non-hydrogen) atoms. The van der Waals surface area contributed by atoms with Crippen molar-refractivity contribution in [3.63, 3.8) is 0 Å². The fraction of sp³-hybridized carbons (Fsp3) is 0.800. The largest absolute Gasteiger partial charge is 0.481 e. The maximum atomic E-state index is 11.3. The number of amides is 1. The summed E-state index contributed by atoms with van der Waals surface area (Å²) in [7, 11) is 1.56. The second-order valence-electron chi connectivity index (χ2n) is 4.04. The van der Waals surface area contributed by atoms with E-state index in [0.717, 1.165) is 0 Å². The minimum absolute atomic E-state index is 0.00324. The molecule has 1 unspecified atom stereocenters. The Balaban J connectivity index is 4.53. The molecule has 0 aliphatic carbocycles. The van der Waals surface area contributed by atoms with Gasteiger partial charge in [-0.15, -0.1) is 0 Å². The Bertz CT molecular complexity index is 243. The number of hydrogen-bond acceptors (Lipinski definition) is 3. The van der Waals surface area contributed by atoms with Crippen LogP contribution < -0.4 is 5.32 Å². The number of aliphatic carboxylic acids is 1. The Morgan fingerprint density at radius 3 is 2.27 bits per heavy atom. The van der Waals surface area contributed by atoms with E-state index >= 15 is 0 Å². The molecular formula is C10H19NO3S. The molecule has 0 heterocycles. The molecule has 2 N–H and O–H groups in total. The van der Waals surface area contributed by atoms with E-state index in [4.69, 9.17) is 5.11 Å². The Morgan fingerprint density at radius 2 is 1.93 bits per heavy atom. The lowest BCUT2D eigenvalue weighted by atomic mass is 10.0. The van der Waals surface area contributed by atoms with E-state index < -0.39 is 10.7 Å². The summed E-state index contributed by atoms with van der Waals surface area (Å²) in [6, 6.07) is 0. The van der Waals surface area contributed by atoms with Crippen molar-refractivity contribution >= 4 is 23.6 Å². The summed E-state index contributed by atoms with van der Waals surface area (Å²) in [6.45, 7) is 5.81. The highest BCUT2D eigenvalue weighted by molar-refractivity contribution is 8.01. The fourth-order valence-corrected chi connectivity index (χ4v) is 3.02. The van der Waals surface area contributed by atoms with E-state index in [1.54, 1.807) is 7.05 Å². The molecule has 0 aliphatic heterocycles. The first-order valence-electron chi connectivity index (χ1n) is 4.89. The maximum Gasteiger partial charge on any atom is 0.304 e. The van der Waals surface area contributed by atoms with Crippen molar-refractivity contribution in [2.24, 2.45) is 0 Å². The van der Waals surface area contributed by atoms with Crippen LogP contribution in [0.15, 0.2) is 0 Å². The predicted octanol–water partition coefficient (Wildman–Crippen LogP) is 1.50. The number of carbonyl (C=O) groups excluding carboxylic acids is 1. The normalized spacial score (nSPS) is 14.7. The molecule has 0 saturated carbocycles. The van der Waals surface area contributed by atoms with Gasteiger partial charge in [-0.2, -0.15) is 11.8 Å². The zero-order valence-corrected chi connectivity index (χ0v) is 10.5. The number of carbonyl (C=O) groups is 2. The van der Waals surface area contributed by atoms with Gasteiger partial charge in [0.05, 0.1) is 6.42 Å². The highest BCUT2D eigenvalue weighted by Crippen LogP contribution is 2.35. The standard InChI is InChI=1S/C10H19NO3S/c1-7(2)15-10(3,6-9(13)14)5-8(12)11-4/h7H,5-6H2,1-4H3,(H,11,12)(H,13,14). The van der Waals surface area contributed by atoms with Gasteiger partial charge in [-0.3, -0.25) is 9.59 Å². The van der Waals surface area contributed by atoms with E-state index in [1.165, 1.54) is 11.8 Å². The molecule has 0 rings (SSSR count). The Labute approximate surface area is 94.8 Å². The second kappa shape index (κ2) is 6.00. The Hall–Kier alpha value is -0.710. The Kier molecular flexibility index (Phi) is 5.72. The van der Waals surface area contributed by atoms with Gasteiger partial charge in [0.25, 0.3) is 0 Å². The molecule has 88 valence electrons. The van der Waals surface area contributed by atoms with Crippen molar-refractivity contribution in [2.45, 2.75) is 43.6 Å². The van der Waals surface area contributed by atoms with Crippen LogP contribution in [0.1, 0.15) is 33.6 Å². The quantitative estimate of drug-likeness (QED) is 0.729. The van der Waals surface area contributed by atoms with Gasteiger partial charge >= 0.3 is 5.97 Å². The fourth-order valence-electron chi connectivity index (χ4n) is 1.46. The summed E-state index contributed by atoms with van der Waals surface area (Å²) in [5.41, 5.74) is 0. The lowest BCUT2D eigenvalue weighted by Crippen LogP contribution is -2.33. The monoisotopic (exact) mass is 233 g/mol. The van der Waals surface area contributed by atoms with Gasteiger partial charge in [-0.1, -0.05) is 13.8 Å². The van der Waals surface area contributed by atoms with Crippen LogP contribution in [-0.2, 0) is 9.59 Å². The van der Waals surface area contributed by atoms with Crippen molar-refractivity contribution in [3.05, 3.63) is 0 Å². The van der Waals surface area contributed by atoms with E-state index in [2.05, 4.69) is 5.32 Å². The highest BCUT2D eigenvalue weighted by atomic mass is 32.2. The molecule has 0 aromatic rings. The van der Waals surface area contributed by atoms with Crippen LogP contribution in [0.4, 0.5) is 0 Å². The summed E-state index contributed by atoms with van der Waals surface area (Å²) in [5, 5.41) is 11.6. The van der Waals surface area contributed by atoms with Gasteiger partial charge < -0.3 is 10.4 Å². The van der Waals surface area contributed by atoms with Gasteiger partial charge in [0.2, 0.25) is 5.91 Å². The molecule has 1 amide bonds. The smallest absolute Gasteiger partial charge is 0.304 e. The minimum atomic E-state index is -0.866. The molecular weight excluding hydrogens is 214 g/mol. The van der Waals surface area contributed by atoms with Crippen LogP contribution in [0.5, 0.6) is 0 Å². The van der Waals surface area contributed by atoms with Gasteiger partial charge in [0, 0.05) is 18.2 Å². The van der Waals surface area contributed by atoms with Crippen molar-refractivity contribution in [1.82, 2.24) is 5.32 Å². The maximum absolute atomic E-state index is 11.3. The number of rotatable bonds is 6. The summed E-state index contributed by atoms with van der Waals surface area (Å²) < 4.78 is -0.528. The molecule has 0 aromatic carbocycles. The van der Waals surface area contributed by atoms with Gasteiger partial charge in [0.15, 0.2) is 0 Å². The molecule has 0 spiro atoms. The second-order valence-corrected chi connectivity index (χ2v) is 6.20. The SMILES string of the molecule is CNC(=O)CC(C)(CC(=O)O)SC(C)C. The topological polar surface area (TPSA) is 66.4 Å². The Morgan fingerprint density at radius 1 is 1.40 bits per heavy atom. The van der Waals surface area contributed by atoms with Crippen LogP contribution in [0.2, 0.25) is 0 Å². The van der Waals surface area contributed by atoms with Gasteiger partial charge in [0.1, 0.15) is 0 Å². The molecule has 0 fully saturated rings. The first-order chi connectivity index (χ1) is 6.79. The molecule has 5 heteroatoms. The molecule has 4 nitrogen and oxygen atoms in total. The summed E-state index contributed by atoms with van der Waals surface area (Å²) in [6.07, 6.45) is 0.238. The summed E-state index contributed by atoms with van der Waals surface area (Å²) >= 11 is 1.53. The lowest BCUT2D eigenvalue weighted by Gasteiger charge is -2.28. The third-order valence-corrected chi connectivity index (χ3v) is 3.19. The first-order valence-corrected chi connectivity index (χ1v) is 5.77. The van der Waals surface area contributed by atoms with Crippen LogP contribution >= 0.6 is 11.8 Å². The number of nitrogens with one attached hydrogen (secondary N) is 1. The number of carboxylic acid groups (broad SMARTS) is 1. The number of carboxylic acids is 1.